The third kappa shape index (κ3) is 5.45. The van der Waals surface area contributed by atoms with Crippen molar-refractivity contribution in [3.05, 3.63) is 0 Å². The number of carbonyl (C=O) groups is 4. The van der Waals surface area contributed by atoms with E-state index in [1.807, 2.05) is 0 Å². The van der Waals surface area contributed by atoms with E-state index in [9.17, 15) is 24.3 Å². The summed E-state index contributed by atoms with van der Waals surface area (Å²) in [5.41, 5.74) is 0. The van der Waals surface area contributed by atoms with Gasteiger partial charge in [-0.2, -0.15) is 0 Å². The minimum atomic E-state index is -1.12. The number of amides is 3. The van der Waals surface area contributed by atoms with Gasteiger partial charge in [0.2, 0.25) is 18.2 Å². The monoisotopic (exact) mass is 395 g/mol. The van der Waals surface area contributed by atoms with Gasteiger partial charge in [-0.05, 0) is 38.0 Å². The standard InChI is InChI=1S/C20H33N3O5/c1-21(14-24)18(15-9-5-3-6-10-15)20(28)22(2)16(13-17(25)26)19(27)23-11-7-4-8-12-23/h14-16,18H,3-13H2,1-2H3,(H,25,26)/t16-,18?/m0/s1. The van der Waals surface area contributed by atoms with Crippen LogP contribution in [-0.4, -0.2) is 83.3 Å². The number of hydrogen-bond donors (Lipinski definition) is 1. The zero-order valence-corrected chi connectivity index (χ0v) is 17.0. The average molecular weight is 396 g/mol. The van der Waals surface area contributed by atoms with Gasteiger partial charge in [-0.25, -0.2) is 0 Å². The molecule has 1 saturated carbocycles. The minimum Gasteiger partial charge on any atom is -0.481 e. The summed E-state index contributed by atoms with van der Waals surface area (Å²) in [6.07, 6.45) is 7.89. The van der Waals surface area contributed by atoms with Gasteiger partial charge >= 0.3 is 5.97 Å². The van der Waals surface area contributed by atoms with Crippen molar-refractivity contribution in [1.82, 2.24) is 14.7 Å². The van der Waals surface area contributed by atoms with Crippen molar-refractivity contribution >= 4 is 24.2 Å². The van der Waals surface area contributed by atoms with E-state index in [2.05, 4.69) is 0 Å². The lowest BCUT2D eigenvalue weighted by Gasteiger charge is -2.39. The molecule has 158 valence electrons. The molecule has 0 radical (unpaired) electrons. The Morgan fingerprint density at radius 1 is 1.04 bits per heavy atom. The number of hydrogen-bond acceptors (Lipinski definition) is 4. The van der Waals surface area contributed by atoms with Crippen LogP contribution in [0.5, 0.6) is 0 Å². The van der Waals surface area contributed by atoms with Gasteiger partial charge < -0.3 is 19.8 Å². The third-order valence-corrected chi connectivity index (χ3v) is 6.09. The first-order chi connectivity index (χ1) is 13.4. The predicted octanol–water partition coefficient (Wildman–Crippen LogP) is 1.34. The van der Waals surface area contributed by atoms with E-state index in [1.54, 1.807) is 11.9 Å². The molecule has 2 rings (SSSR count). The summed E-state index contributed by atoms with van der Waals surface area (Å²) in [5.74, 6) is -1.74. The number of carboxylic acids is 1. The summed E-state index contributed by atoms with van der Waals surface area (Å²) >= 11 is 0. The lowest BCUT2D eigenvalue weighted by Crippen LogP contribution is -2.57. The van der Waals surface area contributed by atoms with Gasteiger partial charge in [0.1, 0.15) is 12.1 Å². The Morgan fingerprint density at radius 3 is 2.14 bits per heavy atom. The highest BCUT2D eigenvalue weighted by molar-refractivity contribution is 5.92. The van der Waals surface area contributed by atoms with E-state index in [1.165, 1.54) is 16.8 Å². The molecule has 1 unspecified atom stereocenters. The van der Waals surface area contributed by atoms with E-state index >= 15 is 0 Å². The van der Waals surface area contributed by atoms with Gasteiger partial charge in [-0.1, -0.05) is 19.3 Å². The second-order valence-corrected chi connectivity index (χ2v) is 8.06. The van der Waals surface area contributed by atoms with E-state index in [0.717, 1.165) is 51.4 Å². The fourth-order valence-electron chi connectivity index (χ4n) is 4.47. The zero-order valence-electron chi connectivity index (χ0n) is 17.0. The molecule has 0 aromatic carbocycles. The van der Waals surface area contributed by atoms with E-state index < -0.39 is 24.5 Å². The molecule has 28 heavy (non-hydrogen) atoms. The summed E-state index contributed by atoms with van der Waals surface area (Å²) in [4.78, 5) is 53.5. The molecule has 0 aromatic rings. The van der Waals surface area contributed by atoms with Crippen LogP contribution in [0.2, 0.25) is 0 Å². The van der Waals surface area contributed by atoms with Crippen molar-refractivity contribution in [1.29, 1.82) is 0 Å². The predicted molar refractivity (Wildman–Crippen MR) is 103 cm³/mol. The van der Waals surface area contributed by atoms with Crippen LogP contribution in [0.15, 0.2) is 0 Å². The van der Waals surface area contributed by atoms with Gasteiger partial charge in [0, 0.05) is 27.2 Å². The number of likely N-dealkylation sites (tertiary alicyclic amines) is 1. The van der Waals surface area contributed by atoms with Gasteiger partial charge in [0.05, 0.1) is 6.42 Å². The number of carboxylic acid groups (broad SMARTS) is 1. The number of nitrogens with zero attached hydrogens (tertiary/aromatic N) is 3. The molecule has 0 spiro atoms. The maximum atomic E-state index is 13.3. The molecule has 8 nitrogen and oxygen atoms in total. The number of piperidine rings is 1. The molecule has 3 amide bonds. The normalized spacial score (nSPS) is 20.1. The van der Waals surface area contributed by atoms with Crippen LogP contribution >= 0.6 is 0 Å². The van der Waals surface area contributed by atoms with Crippen LogP contribution in [0.4, 0.5) is 0 Å². The SMILES string of the molecule is CN(C=O)C(C(=O)N(C)[C@@H](CC(=O)O)C(=O)N1CCCCC1)C1CCCCC1. The Hall–Kier alpha value is -2.12. The van der Waals surface area contributed by atoms with Crippen molar-refractivity contribution < 1.29 is 24.3 Å². The minimum absolute atomic E-state index is 0.0365. The number of likely N-dealkylation sites (N-methyl/N-ethyl adjacent to an activating group) is 2. The first-order valence-corrected chi connectivity index (χ1v) is 10.3. The lowest BCUT2D eigenvalue weighted by atomic mass is 9.82. The fourth-order valence-corrected chi connectivity index (χ4v) is 4.47. The van der Waals surface area contributed by atoms with Crippen molar-refractivity contribution in [3.63, 3.8) is 0 Å². The topological polar surface area (TPSA) is 98.2 Å². The Bertz CT molecular complexity index is 570. The number of carbonyl (C=O) groups excluding carboxylic acids is 3. The van der Waals surface area contributed by atoms with Crippen LogP contribution in [0.25, 0.3) is 0 Å². The second kappa shape index (κ2) is 10.4. The smallest absolute Gasteiger partial charge is 0.305 e. The molecule has 2 fully saturated rings. The fraction of sp³-hybridized carbons (Fsp3) is 0.800. The molecule has 2 atom stereocenters. The summed E-state index contributed by atoms with van der Waals surface area (Å²) in [6, 6.07) is -1.71. The van der Waals surface area contributed by atoms with Crippen molar-refractivity contribution in [2.45, 2.75) is 69.9 Å². The van der Waals surface area contributed by atoms with E-state index in [-0.39, 0.29) is 17.7 Å². The highest BCUT2D eigenvalue weighted by Gasteiger charge is 2.39. The highest BCUT2D eigenvalue weighted by atomic mass is 16.4. The van der Waals surface area contributed by atoms with Crippen LogP contribution in [0.3, 0.4) is 0 Å². The molecule has 0 bridgehead atoms. The first kappa shape index (κ1) is 22.2. The molecule has 2 aliphatic rings. The quantitative estimate of drug-likeness (QED) is 0.626. The van der Waals surface area contributed by atoms with E-state index in [0.29, 0.717) is 19.5 Å². The molecular formula is C20H33N3O5. The molecular weight excluding hydrogens is 362 g/mol. The van der Waals surface area contributed by atoms with E-state index in [4.69, 9.17) is 0 Å². The largest absolute Gasteiger partial charge is 0.481 e. The van der Waals surface area contributed by atoms with Crippen LogP contribution in [0, 0.1) is 5.92 Å². The lowest BCUT2D eigenvalue weighted by molar-refractivity contribution is -0.154. The molecule has 8 heteroatoms. The van der Waals surface area contributed by atoms with Crippen LogP contribution in [-0.2, 0) is 19.2 Å². The number of aliphatic carboxylic acids is 1. The summed E-state index contributed by atoms with van der Waals surface area (Å²) in [7, 11) is 3.07. The van der Waals surface area contributed by atoms with Crippen molar-refractivity contribution in [2.24, 2.45) is 5.92 Å². The Balaban J connectivity index is 2.22. The maximum absolute atomic E-state index is 13.3. The maximum Gasteiger partial charge on any atom is 0.305 e. The average Bonchev–Trinajstić information content (AvgIpc) is 2.72. The molecule has 0 aromatic heterocycles. The van der Waals surface area contributed by atoms with Gasteiger partial charge in [-0.3, -0.25) is 19.2 Å². The van der Waals surface area contributed by atoms with Crippen LogP contribution in [0.1, 0.15) is 57.8 Å². The summed E-state index contributed by atoms with van der Waals surface area (Å²) in [5, 5.41) is 9.33. The highest BCUT2D eigenvalue weighted by Crippen LogP contribution is 2.30. The van der Waals surface area contributed by atoms with Crippen molar-refractivity contribution in [3.8, 4) is 0 Å². The zero-order chi connectivity index (χ0) is 20.7. The molecule has 1 heterocycles. The molecule has 1 N–H and O–H groups in total. The third-order valence-electron chi connectivity index (χ3n) is 6.09. The molecule has 1 aliphatic heterocycles. The Kier molecular flexibility index (Phi) is 8.26. The van der Waals surface area contributed by atoms with Gasteiger partial charge in [0.25, 0.3) is 0 Å². The second-order valence-electron chi connectivity index (χ2n) is 8.06. The van der Waals surface area contributed by atoms with Crippen molar-refractivity contribution in [2.75, 3.05) is 27.2 Å². The Labute approximate surface area is 166 Å². The molecule has 1 aliphatic carbocycles. The van der Waals surface area contributed by atoms with Gasteiger partial charge in [-0.15, -0.1) is 0 Å². The summed E-state index contributed by atoms with van der Waals surface area (Å²) in [6.45, 7) is 1.19. The Morgan fingerprint density at radius 2 is 1.61 bits per heavy atom. The number of rotatable bonds is 8. The summed E-state index contributed by atoms with van der Waals surface area (Å²) < 4.78 is 0. The molecule has 1 saturated heterocycles. The van der Waals surface area contributed by atoms with Gasteiger partial charge in [0.15, 0.2) is 0 Å². The van der Waals surface area contributed by atoms with Crippen LogP contribution < -0.4 is 0 Å². The first-order valence-electron chi connectivity index (χ1n) is 10.3.